The van der Waals surface area contributed by atoms with Crippen LogP contribution in [-0.4, -0.2) is 23.3 Å². The Morgan fingerprint density at radius 1 is 1.33 bits per heavy atom. The molecule has 0 heterocycles. The lowest BCUT2D eigenvalue weighted by Gasteiger charge is -2.04. The molecule has 0 saturated carbocycles. The van der Waals surface area contributed by atoms with Gasteiger partial charge in [0.25, 0.3) is 11.6 Å². The summed E-state index contributed by atoms with van der Waals surface area (Å²) in [5.41, 5.74) is 3.15. The monoisotopic (exact) mass is 259 g/mol. The topological polar surface area (TPSA) is 115 Å². The van der Waals surface area contributed by atoms with Crippen LogP contribution in [-0.2, 0) is 4.79 Å². The molecule has 3 N–H and O–H groups in total. The fourth-order valence-corrected chi connectivity index (χ4v) is 1.13. The number of halogens is 2. The predicted octanol–water partition coefficient (Wildman–Crippen LogP) is 0.0881. The minimum atomic E-state index is -1.45. The van der Waals surface area contributed by atoms with E-state index in [1.807, 2.05) is 5.32 Å². The normalized spacial score (nSPS) is 9.89. The largest absolute Gasteiger partial charge is 0.368 e. The zero-order chi connectivity index (χ0) is 13.9. The van der Waals surface area contributed by atoms with Gasteiger partial charge >= 0.3 is 0 Å². The van der Waals surface area contributed by atoms with Crippen LogP contribution in [0, 0.1) is 21.7 Å². The summed E-state index contributed by atoms with van der Waals surface area (Å²) >= 11 is 0. The van der Waals surface area contributed by atoms with E-state index in [-0.39, 0.29) is 6.07 Å². The molecule has 0 radical (unpaired) electrons. The summed E-state index contributed by atoms with van der Waals surface area (Å²) in [6.07, 6.45) is 0. The van der Waals surface area contributed by atoms with E-state index >= 15 is 0 Å². The summed E-state index contributed by atoms with van der Waals surface area (Å²) in [6.45, 7) is -0.574. The van der Waals surface area contributed by atoms with E-state index in [4.69, 9.17) is 5.73 Å². The van der Waals surface area contributed by atoms with Crippen LogP contribution in [0.25, 0.3) is 0 Å². The molecule has 2 amide bonds. The summed E-state index contributed by atoms with van der Waals surface area (Å²) in [5, 5.41) is 12.5. The molecule has 0 aliphatic rings. The molecule has 1 aromatic carbocycles. The van der Waals surface area contributed by atoms with Gasteiger partial charge in [-0.15, -0.1) is 0 Å². The first-order chi connectivity index (χ1) is 8.32. The number of rotatable bonds is 4. The quantitative estimate of drug-likeness (QED) is 0.588. The molecule has 9 heteroatoms. The van der Waals surface area contributed by atoms with Gasteiger partial charge in [0.1, 0.15) is 5.56 Å². The number of carbonyl (C=O) groups excluding carboxylic acids is 2. The second kappa shape index (κ2) is 5.17. The van der Waals surface area contributed by atoms with Gasteiger partial charge in [-0.2, -0.15) is 0 Å². The first-order valence-corrected chi connectivity index (χ1v) is 4.53. The maximum atomic E-state index is 12.9. The molecule has 0 fully saturated rings. The molecule has 0 unspecified atom stereocenters. The number of nitro groups is 1. The number of benzene rings is 1. The molecule has 7 nitrogen and oxygen atoms in total. The van der Waals surface area contributed by atoms with Gasteiger partial charge in [0.2, 0.25) is 5.91 Å². The van der Waals surface area contributed by atoms with Gasteiger partial charge < -0.3 is 11.1 Å². The minimum absolute atomic E-state index is 0.286. The third-order valence-electron chi connectivity index (χ3n) is 1.90. The molecule has 1 rings (SSSR count). The number of hydrogen-bond acceptors (Lipinski definition) is 4. The van der Waals surface area contributed by atoms with Gasteiger partial charge in [0.05, 0.1) is 17.5 Å². The van der Waals surface area contributed by atoms with E-state index in [0.29, 0.717) is 6.07 Å². The number of nitrogens with zero attached hydrogens (tertiary/aromatic N) is 1. The fourth-order valence-electron chi connectivity index (χ4n) is 1.13. The number of amides is 2. The Bertz CT molecular complexity index is 533. The maximum absolute atomic E-state index is 12.9. The first-order valence-electron chi connectivity index (χ1n) is 4.53. The van der Waals surface area contributed by atoms with Crippen molar-refractivity contribution in [2.24, 2.45) is 5.73 Å². The molecule has 96 valence electrons. The van der Waals surface area contributed by atoms with Crippen molar-refractivity contribution in [3.8, 4) is 0 Å². The molecule has 0 aliphatic carbocycles. The first kappa shape index (κ1) is 13.5. The lowest BCUT2D eigenvalue weighted by atomic mass is 10.1. The maximum Gasteiger partial charge on any atom is 0.285 e. The van der Waals surface area contributed by atoms with Crippen LogP contribution < -0.4 is 11.1 Å². The van der Waals surface area contributed by atoms with Crippen molar-refractivity contribution in [3.05, 3.63) is 39.4 Å². The summed E-state index contributed by atoms with van der Waals surface area (Å²) in [5.74, 6) is -4.84. The molecule has 18 heavy (non-hydrogen) atoms. The zero-order valence-corrected chi connectivity index (χ0v) is 8.78. The highest BCUT2D eigenvalue weighted by atomic mass is 19.2. The zero-order valence-electron chi connectivity index (χ0n) is 8.78. The highest BCUT2D eigenvalue weighted by Crippen LogP contribution is 2.22. The molecule has 0 aliphatic heterocycles. The van der Waals surface area contributed by atoms with Crippen LogP contribution >= 0.6 is 0 Å². The third-order valence-corrected chi connectivity index (χ3v) is 1.90. The number of nitrogens with one attached hydrogen (secondary N) is 1. The van der Waals surface area contributed by atoms with Crippen molar-refractivity contribution in [1.29, 1.82) is 0 Å². The second-order valence-electron chi connectivity index (χ2n) is 3.19. The number of carbonyl (C=O) groups is 2. The summed E-state index contributed by atoms with van der Waals surface area (Å²) in [4.78, 5) is 31.4. The van der Waals surface area contributed by atoms with Crippen molar-refractivity contribution in [2.75, 3.05) is 6.54 Å². The summed E-state index contributed by atoms with van der Waals surface area (Å²) in [6, 6.07) is 0.665. The van der Waals surface area contributed by atoms with Crippen LogP contribution in [0.5, 0.6) is 0 Å². The molecule has 0 saturated heterocycles. The van der Waals surface area contributed by atoms with Crippen molar-refractivity contribution in [3.63, 3.8) is 0 Å². The van der Waals surface area contributed by atoms with E-state index in [1.165, 1.54) is 0 Å². The van der Waals surface area contributed by atoms with Gasteiger partial charge in [-0.1, -0.05) is 0 Å². The van der Waals surface area contributed by atoms with Crippen LogP contribution in [0.1, 0.15) is 10.4 Å². The Kier molecular flexibility index (Phi) is 3.87. The van der Waals surface area contributed by atoms with Gasteiger partial charge in [0.15, 0.2) is 11.6 Å². The van der Waals surface area contributed by atoms with Crippen LogP contribution in [0.2, 0.25) is 0 Å². The number of primary amides is 1. The minimum Gasteiger partial charge on any atom is -0.368 e. The van der Waals surface area contributed by atoms with Crippen molar-refractivity contribution in [2.45, 2.75) is 0 Å². The average Bonchev–Trinajstić information content (AvgIpc) is 2.28. The Morgan fingerprint density at radius 3 is 2.39 bits per heavy atom. The molecule has 0 bridgehead atoms. The van der Waals surface area contributed by atoms with Crippen LogP contribution in [0.3, 0.4) is 0 Å². The predicted molar refractivity (Wildman–Crippen MR) is 54.5 cm³/mol. The van der Waals surface area contributed by atoms with Gasteiger partial charge in [-0.25, -0.2) is 8.78 Å². The Balaban J connectivity index is 3.13. The van der Waals surface area contributed by atoms with E-state index in [2.05, 4.69) is 0 Å². The highest BCUT2D eigenvalue weighted by Gasteiger charge is 2.23. The van der Waals surface area contributed by atoms with Crippen molar-refractivity contribution >= 4 is 17.5 Å². The second-order valence-corrected chi connectivity index (χ2v) is 3.19. The summed E-state index contributed by atoms with van der Waals surface area (Å²) < 4.78 is 25.7. The van der Waals surface area contributed by atoms with E-state index in [9.17, 15) is 28.5 Å². The van der Waals surface area contributed by atoms with Crippen LogP contribution in [0.15, 0.2) is 12.1 Å². The van der Waals surface area contributed by atoms with Gasteiger partial charge in [-0.05, 0) is 6.07 Å². The standard InChI is InChI=1S/C9H7F2N3O4/c10-5-1-4(9(16)13-3-8(12)15)7(14(17)18)2-6(5)11/h1-2H,3H2,(H2,12,15)(H,13,16). The summed E-state index contributed by atoms with van der Waals surface area (Å²) in [7, 11) is 0. The van der Waals surface area contributed by atoms with Crippen molar-refractivity contribution < 1.29 is 23.3 Å². The SMILES string of the molecule is NC(=O)CNC(=O)c1cc(F)c(F)cc1[N+](=O)[O-]. The highest BCUT2D eigenvalue weighted by molar-refractivity contribution is 5.99. The number of nitro benzene ring substituents is 1. The molecule has 1 aromatic rings. The molecular weight excluding hydrogens is 252 g/mol. The Labute approximate surface area is 98.7 Å². The van der Waals surface area contributed by atoms with E-state index in [1.54, 1.807) is 0 Å². The van der Waals surface area contributed by atoms with Crippen LogP contribution in [0.4, 0.5) is 14.5 Å². The molecule has 0 atom stereocenters. The lowest BCUT2D eigenvalue weighted by Crippen LogP contribution is -2.33. The molecule has 0 spiro atoms. The third kappa shape index (κ3) is 2.97. The lowest BCUT2D eigenvalue weighted by molar-refractivity contribution is -0.385. The Hall–Kier alpha value is -2.58. The Morgan fingerprint density at radius 2 is 1.89 bits per heavy atom. The smallest absolute Gasteiger partial charge is 0.285 e. The van der Waals surface area contributed by atoms with Crippen molar-refractivity contribution in [1.82, 2.24) is 5.32 Å². The van der Waals surface area contributed by atoms with Gasteiger partial charge in [-0.3, -0.25) is 19.7 Å². The molecule has 0 aromatic heterocycles. The van der Waals surface area contributed by atoms with E-state index < -0.39 is 46.2 Å². The van der Waals surface area contributed by atoms with Gasteiger partial charge in [0, 0.05) is 0 Å². The number of nitrogens with two attached hydrogens (primary N) is 1. The number of hydrogen-bond donors (Lipinski definition) is 2. The average molecular weight is 259 g/mol. The fraction of sp³-hybridized carbons (Fsp3) is 0.111. The molecular formula is C9H7F2N3O4. The van der Waals surface area contributed by atoms with E-state index in [0.717, 1.165) is 0 Å².